The number of hydrogen-bond acceptors (Lipinski definition) is 4. The summed E-state index contributed by atoms with van der Waals surface area (Å²) in [6.07, 6.45) is 1.39. The Morgan fingerprint density at radius 2 is 2.17 bits per heavy atom. The summed E-state index contributed by atoms with van der Waals surface area (Å²) in [6, 6.07) is 5.11. The maximum Gasteiger partial charge on any atom is 0.326 e. The topological polar surface area (TPSA) is 79.2 Å². The molecule has 2 aliphatic heterocycles. The second kappa shape index (κ2) is 6.36. The van der Waals surface area contributed by atoms with Crippen molar-refractivity contribution in [2.45, 2.75) is 37.8 Å². The highest BCUT2D eigenvalue weighted by Crippen LogP contribution is 2.23. The molecule has 0 radical (unpaired) electrons. The van der Waals surface area contributed by atoms with Gasteiger partial charge in [-0.1, -0.05) is 17.3 Å². The van der Waals surface area contributed by atoms with Crippen molar-refractivity contribution in [3.05, 3.63) is 35.6 Å². The predicted molar refractivity (Wildman–Crippen MR) is 79.4 cm³/mol. The fourth-order valence-electron chi connectivity index (χ4n) is 2.99. The molecule has 0 aliphatic carbocycles. The highest BCUT2D eigenvalue weighted by Gasteiger charge is 2.39. The van der Waals surface area contributed by atoms with Crippen LogP contribution in [0.2, 0.25) is 0 Å². The van der Waals surface area contributed by atoms with E-state index in [1.54, 1.807) is 12.1 Å². The van der Waals surface area contributed by atoms with Crippen LogP contribution in [0, 0.1) is 5.82 Å². The molecule has 0 bridgehead atoms. The van der Waals surface area contributed by atoms with Gasteiger partial charge in [-0.05, 0) is 31.4 Å². The first-order valence-corrected chi connectivity index (χ1v) is 7.58. The van der Waals surface area contributed by atoms with Gasteiger partial charge < -0.3 is 14.8 Å². The first-order valence-electron chi connectivity index (χ1n) is 7.58. The zero-order valence-corrected chi connectivity index (χ0v) is 12.4. The molecule has 23 heavy (non-hydrogen) atoms. The molecular formula is C16H17FN2O4. The second-order valence-corrected chi connectivity index (χ2v) is 5.73. The van der Waals surface area contributed by atoms with Gasteiger partial charge in [-0.3, -0.25) is 4.79 Å². The fraction of sp³-hybridized carbons (Fsp3) is 0.438. The van der Waals surface area contributed by atoms with Crippen molar-refractivity contribution >= 4 is 17.6 Å². The molecule has 2 aliphatic rings. The van der Waals surface area contributed by atoms with Crippen molar-refractivity contribution in [1.29, 1.82) is 0 Å². The molecule has 2 heterocycles. The van der Waals surface area contributed by atoms with Gasteiger partial charge in [0.1, 0.15) is 11.9 Å². The maximum atomic E-state index is 13.3. The number of rotatable bonds is 3. The lowest BCUT2D eigenvalue weighted by Crippen LogP contribution is -2.51. The molecule has 122 valence electrons. The van der Waals surface area contributed by atoms with Gasteiger partial charge in [0.05, 0.1) is 5.71 Å². The van der Waals surface area contributed by atoms with Gasteiger partial charge in [0.2, 0.25) is 6.10 Å². The number of amides is 1. The first-order chi connectivity index (χ1) is 11.1. The maximum absolute atomic E-state index is 13.3. The SMILES string of the molecule is O=C(O)[C@@H]1CCCCN1C(=O)[C@H]1CC(c2cccc(F)c2)=NO1. The zero-order valence-electron chi connectivity index (χ0n) is 12.4. The van der Waals surface area contributed by atoms with Crippen LogP contribution in [0.4, 0.5) is 4.39 Å². The van der Waals surface area contributed by atoms with Crippen LogP contribution < -0.4 is 0 Å². The summed E-state index contributed by atoms with van der Waals surface area (Å²) in [7, 11) is 0. The van der Waals surface area contributed by atoms with Gasteiger partial charge in [0.25, 0.3) is 5.91 Å². The second-order valence-electron chi connectivity index (χ2n) is 5.73. The minimum Gasteiger partial charge on any atom is -0.480 e. The van der Waals surface area contributed by atoms with Crippen LogP contribution in [0.15, 0.2) is 29.4 Å². The van der Waals surface area contributed by atoms with E-state index in [-0.39, 0.29) is 18.1 Å². The van der Waals surface area contributed by atoms with E-state index in [1.807, 2.05) is 0 Å². The zero-order chi connectivity index (χ0) is 16.4. The number of carbonyl (C=O) groups is 2. The molecule has 1 fully saturated rings. The number of benzene rings is 1. The number of likely N-dealkylation sites (tertiary alicyclic amines) is 1. The molecule has 0 aromatic heterocycles. The summed E-state index contributed by atoms with van der Waals surface area (Å²) in [5.41, 5.74) is 1.06. The van der Waals surface area contributed by atoms with E-state index < -0.39 is 18.1 Å². The lowest BCUT2D eigenvalue weighted by molar-refractivity contribution is -0.157. The minimum atomic E-state index is -0.998. The normalized spacial score (nSPS) is 24.0. The van der Waals surface area contributed by atoms with Crippen molar-refractivity contribution < 1.29 is 23.9 Å². The van der Waals surface area contributed by atoms with Gasteiger partial charge in [-0.25, -0.2) is 9.18 Å². The van der Waals surface area contributed by atoms with Crippen LogP contribution in [0.5, 0.6) is 0 Å². The lowest BCUT2D eigenvalue weighted by atomic mass is 9.99. The number of halogens is 1. The van der Waals surface area contributed by atoms with Crippen molar-refractivity contribution in [3.8, 4) is 0 Å². The average Bonchev–Trinajstić information content (AvgIpc) is 3.04. The van der Waals surface area contributed by atoms with Crippen LogP contribution in [0.1, 0.15) is 31.2 Å². The van der Waals surface area contributed by atoms with Crippen LogP contribution in [-0.2, 0) is 14.4 Å². The van der Waals surface area contributed by atoms with E-state index in [0.29, 0.717) is 24.2 Å². The van der Waals surface area contributed by atoms with Crippen molar-refractivity contribution in [1.82, 2.24) is 4.90 Å². The van der Waals surface area contributed by atoms with Crippen LogP contribution in [0.3, 0.4) is 0 Å². The van der Waals surface area contributed by atoms with E-state index in [2.05, 4.69) is 5.16 Å². The van der Waals surface area contributed by atoms with Crippen molar-refractivity contribution in [2.24, 2.45) is 5.16 Å². The number of oxime groups is 1. The summed E-state index contributed by atoms with van der Waals surface area (Å²) in [5, 5.41) is 13.1. The summed E-state index contributed by atoms with van der Waals surface area (Å²) in [5.74, 6) is -1.75. The van der Waals surface area contributed by atoms with E-state index >= 15 is 0 Å². The van der Waals surface area contributed by atoms with Gasteiger partial charge >= 0.3 is 5.97 Å². The third-order valence-electron chi connectivity index (χ3n) is 4.17. The molecule has 1 aromatic rings. The molecule has 7 heteroatoms. The number of carboxylic acids is 1. The monoisotopic (exact) mass is 320 g/mol. The number of carbonyl (C=O) groups excluding carboxylic acids is 1. The molecule has 0 spiro atoms. The van der Waals surface area contributed by atoms with Gasteiger partial charge in [-0.2, -0.15) is 0 Å². The number of aliphatic carboxylic acids is 1. The molecule has 2 atom stereocenters. The van der Waals surface area contributed by atoms with Crippen molar-refractivity contribution in [3.63, 3.8) is 0 Å². The van der Waals surface area contributed by atoms with Crippen molar-refractivity contribution in [2.75, 3.05) is 6.54 Å². The molecule has 1 amide bonds. The minimum absolute atomic E-state index is 0.213. The van der Waals surface area contributed by atoms with Crippen LogP contribution >= 0.6 is 0 Å². The summed E-state index contributed by atoms with van der Waals surface area (Å²) in [4.78, 5) is 30.4. The predicted octanol–water partition coefficient (Wildman–Crippen LogP) is 1.78. The molecule has 1 N–H and O–H groups in total. The number of piperidine rings is 1. The molecule has 6 nitrogen and oxygen atoms in total. The Kier molecular flexibility index (Phi) is 4.27. The Bertz CT molecular complexity index is 661. The molecule has 0 saturated carbocycles. The number of nitrogens with zero attached hydrogens (tertiary/aromatic N) is 2. The Balaban J connectivity index is 1.69. The Labute approximate surface area is 132 Å². The van der Waals surface area contributed by atoms with E-state index in [0.717, 1.165) is 12.8 Å². The third-order valence-corrected chi connectivity index (χ3v) is 4.17. The quantitative estimate of drug-likeness (QED) is 0.921. The smallest absolute Gasteiger partial charge is 0.326 e. The Morgan fingerprint density at radius 1 is 1.35 bits per heavy atom. The standard InChI is InChI=1S/C16H17FN2O4/c17-11-5-3-4-10(8-11)12-9-14(23-18-12)15(20)19-7-2-1-6-13(19)16(21)22/h3-5,8,13-14H,1-2,6-7,9H2,(H,21,22)/t13-,14+/m0/s1. The molecule has 3 rings (SSSR count). The molecular weight excluding hydrogens is 303 g/mol. The molecule has 1 aromatic carbocycles. The van der Waals surface area contributed by atoms with Gasteiger partial charge in [-0.15, -0.1) is 0 Å². The Morgan fingerprint density at radius 3 is 2.91 bits per heavy atom. The fourth-order valence-corrected chi connectivity index (χ4v) is 2.99. The first kappa shape index (κ1) is 15.5. The van der Waals surface area contributed by atoms with E-state index in [1.165, 1.54) is 17.0 Å². The molecule has 1 saturated heterocycles. The average molecular weight is 320 g/mol. The number of carboxylic acid groups (broad SMARTS) is 1. The highest BCUT2D eigenvalue weighted by atomic mass is 19.1. The lowest BCUT2D eigenvalue weighted by Gasteiger charge is -2.33. The third kappa shape index (κ3) is 3.18. The Hall–Kier alpha value is -2.44. The summed E-state index contributed by atoms with van der Waals surface area (Å²) < 4.78 is 13.3. The molecule has 0 unspecified atom stereocenters. The van der Waals surface area contributed by atoms with E-state index in [4.69, 9.17) is 4.84 Å². The van der Waals surface area contributed by atoms with Crippen LogP contribution in [-0.4, -0.2) is 46.3 Å². The summed E-state index contributed by atoms with van der Waals surface area (Å²) >= 11 is 0. The highest BCUT2D eigenvalue weighted by molar-refractivity contribution is 6.04. The van der Waals surface area contributed by atoms with Gasteiger partial charge in [0.15, 0.2) is 0 Å². The largest absolute Gasteiger partial charge is 0.480 e. The summed E-state index contributed by atoms with van der Waals surface area (Å²) in [6.45, 7) is 0.408. The van der Waals surface area contributed by atoms with Gasteiger partial charge in [0, 0.05) is 18.5 Å². The van der Waals surface area contributed by atoms with Crippen LogP contribution in [0.25, 0.3) is 0 Å². The van der Waals surface area contributed by atoms with E-state index in [9.17, 15) is 19.1 Å². The number of hydrogen-bond donors (Lipinski definition) is 1.